The first-order valence-corrected chi connectivity index (χ1v) is 6.51. The SMILES string of the molecule is CCCOCC(N)c1noc(CCCOCC)n1. The van der Waals surface area contributed by atoms with E-state index < -0.39 is 0 Å². The predicted molar refractivity (Wildman–Crippen MR) is 67.2 cm³/mol. The molecule has 0 aliphatic carbocycles. The van der Waals surface area contributed by atoms with E-state index in [1.54, 1.807) is 0 Å². The van der Waals surface area contributed by atoms with Gasteiger partial charge in [-0.25, -0.2) is 0 Å². The lowest BCUT2D eigenvalue weighted by molar-refractivity contribution is 0.119. The molecule has 0 radical (unpaired) electrons. The number of rotatable bonds is 10. The average Bonchev–Trinajstić information content (AvgIpc) is 2.84. The van der Waals surface area contributed by atoms with E-state index in [1.807, 2.05) is 6.92 Å². The minimum atomic E-state index is -0.319. The lowest BCUT2D eigenvalue weighted by Gasteiger charge is -2.06. The zero-order valence-corrected chi connectivity index (χ0v) is 11.2. The molecule has 18 heavy (non-hydrogen) atoms. The Labute approximate surface area is 108 Å². The van der Waals surface area contributed by atoms with Crippen LogP contribution in [0.15, 0.2) is 4.52 Å². The molecular weight excluding hydrogens is 234 g/mol. The molecular formula is C12H23N3O3. The van der Waals surface area contributed by atoms with Crippen molar-refractivity contribution in [3.05, 3.63) is 11.7 Å². The van der Waals surface area contributed by atoms with Crippen molar-refractivity contribution in [1.29, 1.82) is 0 Å². The first-order valence-electron chi connectivity index (χ1n) is 6.51. The van der Waals surface area contributed by atoms with Gasteiger partial charge in [-0.1, -0.05) is 12.1 Å². The van der Waals surface area contributed by atoms with Gasteiger partial charge in [0.2, 0.25) is 5.89 Å². The molecule has 1 aromatic rings. The van der Waals surface area contributed by atoms with Gasteiger partial charge in [-0.05, 0) is 19.8 Å². The summed E-state index contributed by atoms with van der Waals surface area (Å²) < 4.78 is 15.7. The molecule has 0 aromatic carbocycles. The Morgan fingerprint density at radius 3 is 2.83 bits per heavy atom. The molecule has 6 nitrogen and oxygen atoms in total. The summed E-state index contributed by atoms with van der Waals surface area (Å²) in [6.07, 6.45) is 2.56. The fraction of sp³-hybridized carbons (Fsp3) is 0.833. The highest BCUT2D eigenvalue weighted by Crippen LogP contribution is 2.08. The van der Waals surface area contributed by atoms with Crippen LogP contribution in [0.5, 0.6) is 0 Å². The molecule has 0 amide bonds. The van der Waals surface area contributed by atoms with Crippen molar-refractivity contribution >= 4 is 0 Å². The van der Waals surface area contributed by atoms with E-state index in [1.165, 1.54) is 0 Å². The highest BCUT2D eigenvalue weighted by atomic mass is 16.5. The van der Waals surface area contributed by atoms with Crippen molar-refractivity contribution in [2.75, 3.05) is 26.4 Å². The monoisotopic (exact) mass is 257 g/mol. The average molecular weight is 257 g/mol. The summed E-state index contributed by atoms with van der Waals surface area (Å²) in [6.45, 7) is 6.59. The Balaban J connectivity index is 2.28. The molecule has 0 bridgehead atoms. The first kappa shape index (κ1) is 15.1. The van der Waals surface area contributed by atoms with Crippen LogP contribution in [-0.2, 0) is 15.9 Å². The summed E-state index contributed by atoms with van der Waals surface area (Å²) >= 11 is 0. The van der Waals surface area contributed by atoms with Gasteiger partial charge < -0.3 is 19.7 Å². The molecule has 0 fully saturated rings. The minimum absolute atomic E-state index is 0.319. The van der Waals surface area contributed by atoms with E-state index >= 15 is 0 Å². The van der Waals surface area contributed by atoms with Crippen LogP contribution < -0.4 is 5.73 Å². The fourth-order valence-corrected chi connectivity index (χ4v) is 1.42. The summed E-state index contributed by atoms with van der Waals surface area (Å²) in [5.74, 6) is 1.12. The van der Waals surface area contributed by atoms with Crippen LogP contribution in [0.25, 0.3) is 0 Å². The van der Waals surface area contributed by atoms with Crippen molar-refractivity contribution in [1.82, 2.24) is 10.1 Å². The molecule has 6 heteroatoms. The quantitative estimate of drug-likeness (QED) is 0.639. The van der Waals surface area contributed by atoms with Gasteiger partial charge in [-0.15, -0.1) is 0 Å². The van der Waals surface area contributed by atoms with E-state index in [-0.39, 0.29) is 6.04 Å². The number of nitrogens with two attached hydrogens (primary N) is 1. The van der Waals surface area contributed by atoms with Gasteiger partial charge in [0.1, 0.15) is 0 Å². The van der Waals surface area contributed by atoms with Crippen LogP contribution in [0.4, 0.5) is 0 Å². The van der Waals surface area contributed by atoms with E-state index in [0.717, 1.165) is 25.9 Å². The number of aromatic nitrogens is 2. The van der Waals surface area contributed by atoms with Gasteiger partial charge in [-0.3, -0.25) is 0 Å². The third-order valence-electron chi connectivity index (χ3n) is 2.34. The number of nitrogens with zero attached hydrogens (tertiary/aromatic N) is 2. The molecule has 0 saturated heterocycles. The van der Waals surface area contributed by atoms with Crippen molar-refractivity contribution in [3.63, 3.8) is 0 Å². The Kier molecular flexibility index (Phi) is 7.55. The second kappa shape index (κ2) is 9.02. The Morgan fingerprint density at radius 2 is 2.11 bits per heavy atom. The van der Waals surface area contributed by atoms with Crippen molar-refractivity contribution < 1.29 is 14.0 Å². The molecule has 1 heterocycles. The van der Waals surface area contributed by atoms with Crippen molar-refractivity contribution in [2.45, 2.75) is 39.2 Å². The molecule has 1 atom stereocenters. The van der Waals surface area contributed by atoms with Gasteiger partial charge in [-0.2, -0.15) is 4.98 Å². The smallest absolute Gasteiger partial charge is 0.226 e. The van der Waals surface area contributed by atoms with E-state index in [9.17, 15) is 0 Å². The Morgan fingerprint density at radius 1 is 1.28 bits per heavy atom. The highest BCUT2D eigenvalue weighted by molar-refractivity contribution is 4.93. The Bertz CT molecular complexity index is 317. The number of hydrogen-bond acceptors (Lipinski definition) is 6. The van der Waals surface area contributed by atoms with Crippen LogP contribution in [-0.4, -0.2) is 36.6 Å². The zero-order valence-electron chi connectivity index (χ0n) is 11.2. The summed E-state index contributed by atoms with van der Waals surface area (Å²) in [5.41, 5.74) is 5.89. The van der Waals surface area contributed by atoms with Crippen molar-refractivity contribution in [3.8, 4) is 0 Å². The largest absolute Gasteiger partial charge is 0.382 e. The second-order valence-corrected chi connectivity index (χ2v) is 4.03. The molecule has 1 unspecified atom stereocenters. The maximum atomic E-state index is 5.89. The van der Waals surface area contributed by atoms with E-state index in [2.05, 4.69) is 17.1 Å². The summed E-state index contributed by atoms with van der Waals surface area (Å²) in [5, 5.41) is 3.86. The maximum Gasteiger partial charge on any atom is 0.226 e. The number of ether oxygens (including phenoxy) is 2. The van der Waals surface area contributed by atoms with Gasteiger partial charge in [0, 0.05) is 26.2 Å². The highest BCUT2D eigenvalue weighted by Gasteiger charge is 2.14. The molecule has 0 saturated carbocycles. The second-order valence-electron chi connectivity index (χ2n) is 4.03. The molecule has 0 aliphatic rings. The third kappa shape index (κ3) is 5.57. The topological polar surface area (TPSA) is 83.4 Å². The molecule has 0 aliphatic heterocycles. The van der Waals surface area contributed by atoms with Gasteiger partial charge in [0.15, 0.2) is 5.82 Å². The number of aryl methyl sites for hydroxylation is 1. The molecule has 0 spiro atoms. The fourth-order valence-electron chi connectivity index (χ4n) is 1.42. The van der Waals surface area contributed by atoms with Gasteiger partial charge in [0.25, 0.3) is 0 Å². The first-order chi connectivity index (χ1) is 8.77. The lowest BCUT2D eigenvalue weighted by atomic mass is 10.3. The zero-order chi connectivity index (χ0) is 13.2. The van der Waals surface area contributed by atoms with Crippen molar-refractivity contribution in [2.24, 2.45) is 5.73 Å². The third-order valence-corrected chi connectivity index (χ3v) is 2.34. The molecule has 1 rings (SSSR count). The standard InChI is InChI=1S/C12H23N3O3/c1-3-7-17-9-10(13)12-14-11(18-15-12)6-5-8-16-4-2/h10H,3-9,13H2,1-2H3. The van der Waals surface area contributed by atoms with E-state index in [4.69, 9.17) is 19.7 Å². The summed E-state index contributed by atoms with van der Waals surface area (Å²) in [4.78, 5) is 4.25. The van der Waals surface area contributed by atoms with Crippen LogP contribution in [0.2, 0.25) is 0 Å². The van der Waals surface area contributed by atoms with E-state index in [0.29, 0.717) is 31.5 Å². The predicted octanol–water partition coefficient (Wildman–Crippen LogP) is 1.47. The normalized spacial score (nSPS) is 12.8. The van der Waals surface area contributed by atoms with Crippen LogP contribution in [0.1, 0.15) is 44.4 Å². The number of hydrogen-bond donors (Lipinski definition) is 1. The molecule has 1 aromatic heterocycles. The lowest BCUT2D eigenvalue weighted by Crippen LogP contribution is -2.18. The molecule has 104 valence electrons. The van der Waals surface area contributed by atoms with Crippen LogP contribution >= 0.6 is 0 Å². The van der Waals surface area contributed by atoms with Crippen LogP contribution in [0, 0.1) is 0 Å². The van der Waals surface area contributed by atoms with Gasteiger partial charge in [0.05, 0.1) is 12.6 Å². The Hall–Kier alpha value is -0.980. The summed E-state index contributed by atoms with van der Waals surface area (Å²) in [6, 6.07) is -0.319. The minimum Gasteiger partial charge on any atom is -0.382 e. The molecule has 2 N–H and O–H groups in total. The van der Waals surface area contributed by atoms with Crippen LogP contribution in [0.3, 0.4) is 0 Å². The maximum absolute atomic E-state index is 5.89. The van der Waals surface area contributed by atoms with Gasteiger partial charge >= 0.3 is 0 Å². The summed E-state index contributed by atoms with van der Waals surface area (Å²) in [7, 11) is 0.